The Morgan fingerprint density at radius 3 is 2.44 bits per heavy atom. The van der Waals surface area contributed by atoms with Crippen molar-refractivity contribution in [3.05, 3.63) is 23.8 Å². The standard InChI is InChI=1S/C13H13NO2/c1-3-15-12-8-7-11(6-5-9-14)10-13(12)16-4-2/h7-8,10H,3-4H2,1-2H3. The van der Waals surface area contributed by atoms with Crippen LogP contribution >= 0.6 is 0 Å². The molecule has 0 aliphatic heterocycles. The molecule has 16 heavy (non-hydrogen) atoms. The Morgan fingerprint density at radius 1 is 1.12 bits per heavy atom. The lowest BCUT2D eigenvalue weighted by Crippen LogP contribution is -1.98. The van der Waals surface area contributed by atoms with E-state index in [0.717, 1.165) is 5.56 Å². The fourth-order valence-electron chi connectivity index (χ4n) is 1.23. The highest BCUT2D eigenvalue weighted by atomic mass is 16.5. The minimum absolute atomic E-state index is 0.565. The molecule has 0 unspecified atom stereocenters. The Labute approximate surface area is 95.6 Å². The van der Waals surface area contributed by atoms with Gasteiger partial charge in [0, 0.05) is 11.5 Å². The topological polar surface area (TPSA) is 42.2 Å². The summed E-state index contributed by atoms with van der Waals surface area (Å²) in [7, 11) is 0. The third-order valence-corrected chi connectivity index (χ3v) is 1.81. The molecule has 0 radical (unpaired) electrons. The fraction of sp³-hybridized carbons (Fsp3) is 0.308. The van der Waals surface area contributed by atoms with E-state index in [9.17, 15) is 0 Å². The number of nitrogens with zero attached hydrogens (tertiary/aromatic N) is 1. The summed E-state index contributed by atoms with van der Waals surface area (Å²) in [6.45, 7) is 4.97. The third kappa shape index (κ3) is 3.22. The first-order valence-corrected chi connectivity index (χ1v) is 5.11. The molecule has 0 fully saturated rings. The number of ether oxygens (including phenoxy) is 2. The van der Waals surface area contributed by atoms with Gasteiger partial charge in [-0.1, -0.05) is 5.92 Å². The van der Waals surface area contributed by atoms with E-state index in [-0.39, 0.29) is 0 Å². The summed E-state index contributed by atoms with van der Waals surface area (Å²) in [5.74, 6) is 6.42. The molecule has 0 aromatic heterocycles. The molecule has 0 saturated carbocycles. The van der Waals surface area contributed by atoms with Crippen LogP contribution in [-0.2, 0) is 0 Å². The zero-order valence-corrected chi connectivity index (χ0v) is 9.41. The molecule has 0 spiro atoms. The van der Waals surface area contributed by atoms with Crippen LogP contribution in [-0.4, -0.2) is 13.2 Å². The van der Waals surface area contributed by atoms with Gasteiger partial charge in [0.2, 0.25) is 0 Å². The van der Waals surface area contributed by atoms with Crippen LogP contribution in [0.3, 0.4) is 0 Å². The third-order valence-electron chi connectivity index (χ3n) is 1.81. The van der Waals surface area contributed by atoms with E-state index in [0.29, 0.717) is 24.7 Å². The Morgan fingerprint density at radius 2 is 1.81 bits per heavy atom. The quantitative estimate of drug-likeness (QED) is 0.724. The predicted molar refractivity (Wildman–Crippen MR) is 61.3 cm³/mol. The molecule has 0 bridgehead atoms. The van der Waals surface area contributed by atoms with Crippen molar-refractivity contribution in [2.24, 2.45) is 0 Å². The number of hydrogen-bond donors (Lipinski definition) is 0. The first-order valence-electron chi connectivity index (χ1n) is 5.11. The van der Waals surface area contributed by atoms with Gasteiger partial charge in [0.05, 0.1) is 13.2 Å². The Hall–Kier alpha value is -2.13. The van der Waals surface area contributed by atoms with Gasteiger partial charge in [-0.25, -0.2) is 0 Å². The highest BCUT2D eigenvalue weighted by Gasteiger charge is 2.04. The molecule has 0 N–H and O–H groups in total. The van der Waals surface area contributed by atoms with E-state index >= 15 is 0 Å². The van der Waals surface area contributed by atoms with Crippen LogP contribution in [0.2, 0.25) is 0 Å². The van der Waals surface area contributed by atoms with Crippen molar-refractivity contribution in [1.82, 2.24) is 0 Å². The molecule has 0 aliphatic rings. The monoisotopic (exact) mass is 215 g/mol. The van der Waals surface area contributed by atoms with Crippen LogP contribution in [0, 0.1) is 23.2 Å². The Bertz CT molecular complexity index is 449. The molecule has 1 aromatic rings. The van der Waals surface area contributed by atoms with E-state index < -0.39 is 0 Å². The van der Waals surface area contributed by atoms with Gasteiger partial charge in [0.15, 0.2) is 17.6 Å². The summed E-state index contributed by atoms with van der Waals surface area (Å²) in [5.41, 5.74) is 0.744. The summed E-state index contributed by atoms with van der Waals surface area (Å²) in [5, 5.41) is 8.36. The van der Waals surface area contributed by atoms with Gasteiger partial charge in [-0.05, 0) is 32.0 Å². The molecule has 1 rings (SSSR count). The molecule has 0 amide bonds. The SMILES string of the molecule is CCOc1ccc(C#CC#N)cc1OCC. The fourth-order valence-corrected chi connectivity index (χ4v) is 1.23. The summed E-state index contributed by atoms with van der Waals surface area (Å²) >= 11 is 0. The van der Waals surface area contributed by atoms with Gasteiger partial charge in [-0.2, -0.15) is 5.26 Å². The Balaban J connectivity index is 3.02. The molecular weight excluding hydrogens is 202 g/mol. The lowest BCUT2D eigenvalue weighted by atomic mass is 10.2. The second-order valence-corrected chi connectivity index (χ2v) is 2.89. The second kappa shape index (κ2) is 6.37. The predicted octanol–water partition coefficient (Wildman–Crippen LogP) is 2.36. The van der Waals surface area contributed by atoms with E-state index in [1.807, 2.05) is 13.8 Å². The molecule has 3 heteroatoms. The van der Waals surface area contributed by atoms with E-state index in [1.165, 1.54) is 0 Å². The number of rotatable bonds is 4. The second-order valence-electron chi connectivity index (χ2n) is 2.89. The zero-order chi connectivity index (χ0) is 11.8. The van der Waals surface area contributed by atoms with Gasteiger partial charge < -0.3 is 9.47 Å². The number of hydrogen-bond acceptors (Lipinski definition) is 3. The number of nitriles is 1. The lowest BCUT2D eigenvalue weighted by Gasteiger charge is -2.10. The van der Waals surface area contributed by atoms with Gasteiger partial charge >= 0.3 is 0 Å². The minimum Gasteiger partial charge on any atom is -0.490 e. The Kier molecular flexibility index (Phi) is 4.76. The van der Waals surface area contributed by atoms with Crippen LogP contribution in [0.15, 0.2) is 18.2 Å². The van der Waals surface area contributed by atoms with Crippen LogP contribution in [0.4, 0.5) is 0 Å². The highest BCUT2D eigenvalue weighted by Crippen LogP contribution is 2.28. The van der Waals surface area contributed by atoms with Crippen molar-refractivity contribution in [1.29, 1.82) is 5.26 Å². The minimum atomic E-state index is 0.565. The largest absolute Gasteiger partial charge is 0.490 e. The van der Waals surface area contributed by atoms with Crippen molar-refractivity contribution >= 4 is 0 Å². The maximum atomic E-state index is 8.36. The summed E-state index contributed by atoms with van der Waals surface area (Å²) in [6, 6.07) is 7.16. The van der Waals surface area contributed by atoms with Gasteiger partial charge in [0.1, 0.15) is 0 Å². The van der Waals surface area contributed by atoms with Gasteiger partial charge in [-0.3, -0.25) is 0 Å². The first-order chi connectivity index (χ1) is 7.81. The molecule has 0 aliphatic carbocycles. The van der Waals surface area contributed by atoms with Crippen LogP contribution in [0.25, 0.3) is 0 Å². The van der Waals surface area contributed by atoms with Crippen LogP contribution < -0.4 is 9.47 Å². The average Bonchev–Trinajstić information content (AvgIpc) is 2.30. The van der Waals surface area contributed by atoms with Crippen LogP contribution in [0.5, 0.6) is 11.5 Å². The van der Waals surface area contributed by atoms with E-state index in [1.54, 1.807) is 24.3 Å². The van der Waals surface area contributed by atoms with E-state index in [2.05, 4.69) is 11.8 Å². The lowest BCUT2D eigenvalue weighted by molar-refractivity contribution is 0.287. The molecule has 0 saturated heterocycles. The van der Waals surface area contributed by atoms with Crippen molar-refractivity contribution < 1.29 is 9.47 Å². The molecular formula is C13H13NO2. The molecule has 3 nitrogen and oxygen atoms in total. The van der Waals surface area contributed by atoms with Crippen molar-refractivity contribution in [3.63, 3.8) is 0 Å². The summed E-state index contributed by atoms with van der Waals surface area (Å²) in [4.78, 5) is 0. The maximum absolute atomic E-state index is 8.36. The first kappa shape index (κ1) is 11.9. The normalized spacial score (nSPS) is 8.56. The highest BCUT2D eigenvalue weighted by molar-refractivity contribution is 5.49. The maximum Gasteiger partial charge on any atom is 0.162 e. The van der Waals surface area contributed by atoms with Crippen molar-refractivity contribution in [2.75, 3.05) is 13.2 Å². The molecule has 0 heterocycles. The van der Waals surface area contributed by atoms with Gasteiger partial charge in [0.25, 0.3) is 0 Å². The van der Waals surface area contributed by atoms with Gasteiger partial charge in [-0.15, -0.1) is 0 Å². The zero-order valence-electron chi connectivity index (χ0n) is 9.41. The van der Waals surface area contributed by atoms with E-state index in [4.69, 9.17) is 14.7 Å². The molecule has 1 aromatic carbocycles. The summed E-state index contributed by atoms with van der Waals surface area (Å²) in [6.07, 6.45) is 0. The van der Waals surface area contributed by atoms with Crippen LogP contribution in [0.1, 0.15) is 19.4 Å². The molecule has 0 atom stereocenters. The number of benzene rings is 1. The summed E-state index contributed by atoms with van der Waals surface area (Å²) < 4.78 is 10.8. The smallest absolute Gasteiger partial charge is 0.162 e. The average molecular weight is 215 g/mol. The van der Waals surface area contributed by atoms with Crippen molar-refractivity contribution in [2.45, 2.75) is 13.8 Å². The van der Waals surface area contributed by atoms with Crippen molar-refractivity contribution in [3.8, 4) is 29.4 Å². The molecule has 82 valence electrons.